The summed E-state index contributed by atoms with van der Waals surface area (Å²) >= 11 is 0. The van der Waals surface area contributed by atoms with E-state index in [1.807, 2.05) is 24.3 Å². The number of furan rings is 2. The van der Waals surface area contributed by atoms with Gasteiger partial charge in [-0.1, -0.05) is 81.4 Å². The van der Waals surface area contributed by atoms with Gasteiger partial charge in [-0.3, -0.25) is 0 Å². The highest BCUT2D eigenvalue weighted by molar-refractivity contribution is 6.17. The Hall–Kier alpha value is -5.28. The Labute approximate surface area is 248 Å². The zero-order valence-corrected chi connectivity index (χ0v) is 24.3. The van der Waals surface area contributed by atoms with Crippen LogP contribution in [0.1, 0.15) is 26.3 Å². The summed E-state index contributed by atoms with van der Waals surface area (Å²) in [5.41, 5.74) is 10.9. The second-order valence-corrected chi connectivity index (χ2v) is 12.6. The number of para-hydroxylation sites is 2. The third kappa shape index (κ3) is 3.61. The number of rotatable bonds is 2. The van der Waals surface area contributed by atoms with Crippen molar-refractivity contribution in [2.24, 2.45) is 0 Å². The number of hydrogen-bond donors (Lipinski definition) is 0. The zero-order valence-electron chi connectivity index (χ0n) is 24.3. The minimum Gasteiger partial charge on any atom is -0.456 e. The molecule has 3 nitrogen and oxygen atoms in total. The molecule has 3 heterocycles. The van der Waals surface area contributed by atoms with Crippen LogP contribution in [0.25, 0.3) is 82.5 Å². The van der Waals surface area contributed by atoms with Crippen molar-refractivity contribution < 1.29 is 8.83 Å². The van der Waals surface area contributed by atoms with Gasteiger partial charge in [-0.15, -0.1) is 0 Å². The van der Waals surface area contributed by atoms with Gasteiger partial charge in [0, 0.05) is 38.0 Å². The molecule has 0 unspecified atom stereocenters. The molecule has 0 radical (unpaired) electrons. The van der Waals surface area contributed by atoms with Crippen LogP contribution in [0.4, 0.5) is 0 Å². The van der Waals surface area contributed by atoms with E-state index >= 15 is 0 Å². The molecule has 0 aliphatic rings. The van der Waals surface area contributed by atoms with Crippen molar-refractivity contribution in [1.29, 1.82) is 0 Å². The molecule has 0 saturated carbocycles. The second-order valence-electron chi connectivity index (χ2n) is 12.6. The summed E-state index contributed by atoms with van der Waals surface area (Å²) in [6, 6.07) is 43.4. The fourth-order valence-electron chi connectivity index (χ4n) is 6.69. The maximum absolute atomic E-state index is 6.32. The SMILES string of the molecule is CC(C)(C)c1ccc2c(c1)c1cc3oc4ccccc4c3cc1n2-c1ccc(-c2ccc3oc4ccccc4c3c2)cc1. The first kappa shape index (κ1) is 24.3. The van der Waals surface area contributed by atoms with Crippen LogP contribution in [0.5, 0.6) is 0 Å². The summed E-state index contributed by atoms with van der Waals surface area (Å²) in [5, 5.41) is 7.02. The van der Waals surface area contributed by atoms with Gasteiger partial charge in [0.15, 0.2) is 0 Å². The molecule has 3 aromatic heterocycles. The van der Waals surface area contributed by atoms with Crippen LogP contribution in [-0.4, -0.2) is 4.57 Å². The number of nitrogens with zero attached hydrogens (tertiary/aromatic N) is 1. The highest BCUT2D eigenvalue weighted by atomic mass is 16.3. The number of aromatic nitrogens is 1. The van der Waals surface area contributed by atoms with E-state index in [2.05, 4.69) is 122 Å². The molecule has 0 N–H and O–H groups in total. The molecule has 0 amide bonds. The maximum Gasteiger partial charge on any atom is 0.136 e. The van der Waals surface area contributed by atoms with E-state index in [1.54, 1.807) is 0 Å². The molecule has 0 atom stereocenters. The van der Waals surface area contributed by atoms with Crippen molar-refractivity contribution in [2.75, 3.05) is 0 Å². The van der Waals surface area contributed by atoms with Crippen molar-refractivity contribution in [3.05, 3.63) is 127 Å². The van der Waals surface area contributed by atoms with Gasteiger partial charge in [-0.25, -0.2) is 0 Å². The van der Waals surface area contributed by atoms with Crippen molar-refractivity contribution in [3.63, 3.8) is 0 Å². The van der Waals surface area contributed by atoms with Crippen molar-refractivity contribution in [1.82, 2.24) is 4.57 Å². The molecular formula is C40H29NO2. The number of fused-ring (bicyclic) bond motifs is 9. The van der Waals surface area contributed by atoms with Gasteiger partial charge in [0.2, 0.25) is 0 Å². The largest absolute Gasteiger partial charge is 0.456 e. The molecule has 3 heteroatoms. The first-order valence-electron chi connectivity index (χ1n) is 14.8. The Morgan fingerprint density at radius 1 is 0.442 bits per heavy atom. The second kappa shape index (κ2) is 8.62. The molecule has 0 aliphatic heterocycles. The third-order valence-electron chi connectivity index (χ3n) is 8.97. The van der Waals surface area contributed by atoms with Crippen molar-refractivity contribution in [3.8, 4) is 16.8 Å². The summed E-state index contributed by atoms with van der Waals surface area (Å²) in [4.78, 5) is 0. The molecule has 6 aromatic carbocycles. The van der Waals surface area contributed by atoms with Crippen LogP contribution in [0.15, 0.2) is 130 Å². The lowest BCUT2D eigenvalue weighted by molar-refractivity contribution is 0.591. The Balaban J connectivity index is 1.25. The van der Waals surface area contributed by atoms with Crippen molar-refractivity contribution in [2.45, 2.75) is 26.2 Å². The van der Waals surface area contributed by atoms with Gasteiger partial charge in [0.25, 0.3) is 0 Å². The van der Waals surface area contributed by atoms with Crippen LogP contribution in [0, 0.1) is 0 Å². The monoisotopic (exact) mass is 555 g/mol. The van der Waals surface area contributed by atoms with Crippen molar-refractivity contribution >= 4 is 65.7 Å². The van der Waals surface area contributed by atoms with E-state index < -0.39 is 0 Å². The fraction of sp³-hybridized carbons (Fsp3) is 0.100. The van der Waals surface area contributed by atoms with E-state index in [4.69, 9.17) is 8.83 Å². The topological polar surface area (TPSA) is 31.2 Å². The smallest absolute Gasteiger partial charge is 0.136 e. The van der Waals surface area contributed by atoms with E-state index in [0.717, 1.165) is 49.6 Å². The summed E-state index contributed by atoms with van der Waals surface area (Å²) in [6.45, 7) is 6.81. The third-order valence-corrected chi connectivity index (χ3v) is 8.97. The lowest BCUT2D eigenvalue weighted by Gasteiger charge is -2.19. The van der Waals surface area contributed by atoms with E-state index in [0.29, 0.717) is 0 Å². The van der Waals surface area contributed by atoms with E-state index in [1.165, 1.54) is 38.5 Å². The Morgan fingerprint density at radius 3 is 1.77 bits per heavy atom. The molecule has 9 aromatic rings. The molecular weight excluding hydrogens is 526 g/mol. The molecule has 43 heavy (non-hydrogen) atoms. The van der Waals surface area contributed by atoms with E-state index in [-0.39, 0.29) is 5.41 Å². The number of hydrogen-bond acceptors (Lipinski definition) is 2. The molecule has 0 saturated heterocycles. The molecule has 206 valence electrons. The minimum atomic E-state index is 0.0507. The van der Waals surface area contributed by atoms with Gasteiger partial charge < -0.3 is 13.4 Å². The summed E-state index contributed by atoms with van der Waals surface area (Å²) < 4.78 is 14.8. The van der Waals surface area contributed by atoms with Crippen LogP contribution in [-0.2, 0) is 5.41 Å². The van der Waals surface area contributed by atoms with Gasteiger partial charge in [0.05, 0.1) is 11.0 Å². The first-order chi connectivity index (χ1) is 20.9. The lowest BCUT2D eigenvalue weighted by atomic mass is 9.86. The predicted octanol–water partition coefficient (Wildman–Crippen LogP) is 11.5. The minimum absolute atomic E-state index is 0.0507. The molecule has 0 fully saturated rings. The van der Waals surface area contributed by atoms with Crippen LogP contribution in [0.2, 0.25) is 0 Å². The van der Waals surface area contributed by atoms with Gasteiger partial charge in [-0.05, 0) is 82.8 Å². The first-order valence-corrected chi connectivity index (χ1v) is 14.8. The molecule has 0 bridgehead atoms. The number of benzene rings is 6. The predicted molar refractivity (Wildman–Crippen MR) is 179 cm³/mol. The van der Waals surface area contributed by atoms with Gasteiger partial charge in [-0.2, -0.15) is 0 Å². The Morgan fingerprint density at radius 2 is 1.05 bits per heavy atom. The standard InChI is InChI=1S/C40H29NO2/c1-40(2,3)26-15-18-34-30(21-26)31-23-39-33(29-9-5-7-11-37(29)43-39)22-35(31)41(34)27-16-12-24(13-17-27)25-14-19-38-32(20-25)28-8-4-6-10-36(28)42-38/h4-23H,1-3H3. The molecule has 9 rings (SSSR count). The van der Waals surface area contributed by atoms with Crippen LogP contribution >= 0.6 is 0 Å². The fourth-order valence-corrected chi connectivity index (χ4v) is 6.69. The summed E-state index contributed by atoms with van der Waals surface area (Å²) in [6.07, 6.45) is 0. The lowest BCUT2D eigenvalue weighted by Crippen LogP contribution is -2.10. The normalized spacial score (nSPS) is 12.5. The maximum atomic E-state index is 6.32. The molecule has 0 spiro atoms. The quantitative estimate of drug-likeness (QED) is 0.212. The average Bonchev–Trinajstić information content (AvgIpc) is 3.68. The van der Waals surface area contributed by atoms with Crippen LogP contribution < -0.4 is 0 Å². The zero-order chi connectivity index (χ0) is 28.9. The summed E-state index contributed by atoms with van der Waals surface area (Å²) in [5.74, 6) is 0. The molecule has 0 aliphatic carbocycles. The highest BCUT2D eigenvalue weighted by Gasteiger charge is 2.20. The van der Waals surface area contributed by atoms with Crippen LogP contribution in [0.3, 0.4) is 0 Å². The Bertz CT molecular complexity index is 2530. The summed E-state index contributed by atoms with van der Waals surface area (Å²) in [7, 11) is 0. The average molecular weight is 556 g/mol. The van der Waals surface area contributed by atoms with E-state index in [9.17, 15) is 0 Å². The Kier molecular flexibility index (Phi) is 4.88. The highest BCUT2D eigenvalue weighted by Crippen LogP contribution is 2.40. The van der Waals surface area contributed by atoms with Gasteiger partial charge in [0.1, 0.15) is 22.3 Å². The van der Waals surface area contributed by atoms with Gasteiger partial charge >= 0.3 is 0 Å².